The van der Waals surface area contributed by atoms with E-state index in [1.54, 1.807) is 6.08 Å². The van der Waals surface area contributed by atoms with Gasteiger partial charge in [-0.2, -0.15) is 0 Å². The lowest BCUT2D eigenvalue weighted by Crippen LogP contribution is -2.60. The van der Waals surface area contributed by atoms with Gasteiger partial charge in [-0.15, -0.1) is 0 Å². The van der Waals surface area contributed by atoms with Crippen molar-refractivity contribution >= 4 is 5.91 Å². The molecule has 1 amide bonds. The van der Waals surface area contributed by atoms with Gasteiger partial charge in [0.2, 0.25) is 5.91 Å². The van der Waals surface area contributed by atoms with Crippen LogP contribution in [0.5, 0.6) is 0 Å². The number of aliphatic hydroxyl groups is 6. The second kappa shape index (κ2) is 51.7. The van der Waals surface area contributed by atoms with E-state index in [2.05, 4.69) is 31.3 Å². The van der Waals surface area contributed by atoms with Gasteiger partial charge in [0.05, 0.1) is 25.4 Å². The highest BCUT2D eigenvalue weighted by atomic mass is 16.7. The maximum atomic E-state index is 13.1. The van der Waals surface area contributed by atoms with Crippen molar-refractivity contribution in [2.45, 2.75) is 352 Å². The topological polar surface area (TPSA) is 169 Å². The Morgan fingerprint density at radius 1 is 0.472 bits per heavy atom. The molecule has 1 aliphatic heterocycles. The lowest BCUT2D eigenvalue weighted by atomic mass is 9.99. The molecule has 7 N–H and O–H groups in total. The van der Waals surface area contributed by atoms with Crippen LogP contribution in [0.3, 0.4) is 0 Å². The zero-order valence-electron chi connectivity index (χ0n) is 47.1. The predicted molar refractivity (Wildman–Crippen MR) is 301 cm³/mol. The third-order valence-corrected chi connectivity index (χ3v) is 15.1. The summed E-state index contributed by atoms with van der Waals surface area (Å²) in [6, 6.07) is -0.978. The summed E-state index contributed by atoms with van der Waals surface area (Å²) < 4.78 is 11.2. The largest absolute Gasteiger partial charge is 0.394 e. The summed E-state index contributed by atoms with van der Waals surface area (Å²) in [6.45, 7) is 3.65. The number of amides is 1. The number of rotatable bonds is 54. The molecule has 0 aromatic heterocycles. The van der Waals surface area contributed by atoms with Crippen LogP contribution in [0.15, 0.2) is 24.3 Å². The molecule has 8 unspecified atom stereocenters. The van der Waals surface area contributed by atoms with Crippen LogP contribution in [-0.2, 0) is 14.3 Å². The molecule has 10 nitrogen and oxygen atoms in total. The Morgan fingerprint density at radius 2 is 0.806 bits per heavy atom. The quantitative estimate of drug-likeness (QED) is 0.0232. The Labute approximate surface area is 443 Å². The van der Waals surface area contributed by atoms with Gasteiger partial charge in [0, 0.05) is 0 Å². The van der Waals surface area contributed by atoms with Crippen molar-refractivity contribution in [2.75, 3.05) is 13.2 Å². The van der Waals surface area contributed by atoms with E-state index >= 15 is 0 Å². The van der Waals surface area contributed by atoms with Crippen LogP contribution in [0.1, 0.15) is 303 Å². The van der Waals surface area contributed by atoms with Crippen molar-refractivity contribution in [1.29, 1.82) is 0 Å². The van der Waals surface area contributed by atoms with Gasteiger partial charge in [-0.3, -0.25) is 4.79 Å². The van der Waals surface area contributed by atoms with Gasteiger partial charge in [0.25, 0.3) is 0 Å². The number of nitrogens with one attached hydrogen (secondary N) is 1. The van der Waals surface area contributed by atoms with Crippen molar-refractivity contribution in [1.82, 2.24) is 5.32 Å². The molecule has 0 aliphatic carbocycles. The summed E-state index contributed by atoms with van der Waals surface area (Å²) >= 11 is 0. The Kier molecular flexibility index (Phi) is 49.3. The molecule has 0 spiro atoms. The highest BCUT2D eigenvalue weighted by molar-refractivity contribution is 5.80. The van der Waals surface area contributed by atoms with Gasteiger partial charge in [0.15, 0.2) is 6.29 Å². The van der Waals surface area contributed by atoms with Crippen LogP contribution in [0.4, 0.5) is 0 Å². The number of hydrogen-bond acceptors (Lipinski definition) is 9. The number of carbonyl (C=O) groups is 1. The summed E-state index contributed by atoms with van der Waals surface area (Å²) in [6.07, 6.45) is 55.9. The SMILES string of the molecule is CCCCCCCCCCCCCC/C=C\CCCCCCCCCCCCCCCCCCC(O)C(=O)NC(COC1OC(CO)C(O)C(O)C1O)C(O)/C=C/CCCCCCCCCCCCCCC. The number of allylic oxidation sites excluding steroid dienone is 3. The summed E-state index contributed by atoms with van der Waals surface area (Å²) in [4.78, 5) is 13.1. The van der Waals surface area contributed by atoms with Crippen LogP contribution in [0.25, 0.3) is 0 Å². The second-order valence-corrected chi connectivity index (χ2v) is 22.0. The minimum absolute atomic E-state index is 0.302. The predicted octanol–water partition coefficient (Wildman–Crippen LogP) is 14.7. The third-order valence-electron chi connectivity index (χ3n) is 15.1. The van der Waals surface area contributed by atoms with E-state index in [0.29, 0.717) is 6.42 Å². The van der Waals surface area contributed by atoms with E-state index in [-0.39, 0.29) is 6.61 Å². The molecule has 0 saturated carbocycles. The molecule has 10 heteroatoms. The van der Waals surface area contributed by atoms with Gasteiger partial charge in [-0.05, 0) is 44.9 Å². The maximum absolute atomic E-state index is 13.1. The molecule has 0 bridgehead atoms. The monoisotopic (exact) mass is 1020 g/mol. The molecule has 72 heavy (non-hydrogen) atoms. The number of unbranched alkanes of at least 4 members (excludes halogenated alkanes) is 41. The van der Waals surface area contributed by atoms with E-state index in [0.717, 1.165) is 44.9 Å². The van der Waals surface area contributed by atoms with E-state index in [9.17, 15) is 35.4 Å². The highest BCUT2D eigenvalue weighted by Crippen LogP contribution is 2.23. The normalized spacial score (nSPS) is 19.7. The van der Waals surface area contributed by atoms with Crippen molar-refractivity contribution in [3.8, 4) is 0 Å². The molecular weight excluding hydrogens is 903 g/mol. The van der Waals surface area contributed by atoms with E-state index < -0.39 is 61.5 Å². The first-order valence-corrected chi connectivity index (χ1v) is 31.2. The zero-order chi connectivity index (χ0) is 52.4. The Bertz CT molecular complexity index is 1200. The molecule has 1 heterocycles. The van der Waals surface area contributed by atoms with Crippen LogP contribution < -0.4 is 5.32 Å². The lowest BCUT2D eigenvalue weighted by Gasteiger charge is -2.40. The van der Waals surface area contributed by atoms with E-state index in [1.165, 1.54) is 238 Å². The zero-order valence-corrected chi connectivity index (χ0v) is 47.1. The molecule has 426 valence electrons. The van der Waals surface area contributed by atoms with Gasteiger partial charge in [0.1, 0.15) is 30.5 Å². The molecular formula is C62H119NO9. The highest BCUT2D eigenvalue weighted by Gasteiger charge is 2.44. The van der Waals surface area contributed by atoms with Gasteiger partial charge in [-0.1, -0.05) is 282 Å². The van der Waals surface area contributed by atoms with Crippen molar-refractivity contribution in [3.05, 3.63) is 24.3 Å². The van der Waals surface area contributed by atoms with E-state index in [1.807, 2.05) is 6.08 Å². The number of aliphatic hydroxyl groups excluding tert-OH is 6. The first kappa shape index (κ1) is 68.6. The maximum Gasteiger partial charge on any atom is 0.249 e. The van der Waals surface area contributed by atoms with Gasteiger partial charge in [-0.25, -0.2) is 0 Å². The average Bonchev–Trinajstić information content (AvgIpc) is 3.38. The Balaban J connectivity index is 2.15. The van der Waals surface area contributed by atoms with Crippen LogP contribution in [0.2, 0.25) is 0 Å². The van der Waals surface area contributed by atoms with Crippen molar-refractivity contribution in [3.63, 3.8) is 0 Å². The van der Waals surface area contributed by atoms with Crippen LogP contribution >= 0.6 is 0 Å². The molecule has 1 saturated heterocycles. The van der Waals surface area contributed by atoms with Crippen molar-refractivity contribution < 1.29 is 44.9 Å². The number of hydrogen-bond donors (Lipinski definition) is 7. The Morgan fingerprint density at radius 3 is 1.17 bits per heavy atom. The molecule has 0 aromatic carbocycles. The fourth-order valence-corrected chi connectivity index (χ4v) is 10.1. The van der Waals surface area contributed by atoms with Gasteiger partial charge >= 0.3 is 0 Å². The molecule has 1 rings (SSSR count). The second-order valence-electron chi connectivity index (χ2n) is 22.0. The molecule has 8 atom stereocenters. The average molecular weight is 1020 g/mol. The van der Waals surface area contributed by atoms with Crippen LogP contribution in [0, 0.1) is 0 Å². The van der Waals surface area contributed by atoms with Crippen LogP contribution in [-0.4, -0.2) is 98.7 Å². The summed E-state index contributed by atoms with van der Waals surface area (Å²) in [5, 5.41) is 65.1. The standard InChI is InChI=1S/C62H119NO9/c1-3-5-7-9-11-13-15-17-19-20-21-22-23-24-25-26-27-28-29-30-31-32-33-34-35-37-39-41-43-45-47-49-51-56(66)61(70)63-54(53-71-62-60(69)59(68)58(67)57(52-64)72-62)55(65)50-48-46-44-42-40-38-36-18-16-14-12-10-8-6-4-2/h24-25,48,50,54-60,62,64-69H,3-23,26-47,49,51-53H2,1-2H3,(H,63,70)/b25-24-,50-48+. The number of ether oxygens (including phenoxy) is 2. The molecule has 0 radical (unpaired) electrons. The molecule has 1 fully saturated rings. The van der Waals surface area contributed by atoms with E-state index in [4.69, 9.17) is 9.47 Å². The number of carbonyl (C=O) groups excluding carboxylic acids is 1. The minimum Gasteiger partial charge on any atom is -0.394 e. The fourth-order valence-electron chi connectivity index (χ4n) is 10.1. The van der Waals surface area contributed by atoms with Crippen molar-refractivity contribution in [2.24, 2.45) is 0 Å². The molecule has 1 aliphatic rings. The third kappa shape index (κ3) is 40.0. The first-order valence-electron chi connectivity index (χ1n) is 31.2. The summed E-state index contributed by atoms with van der Waals surface area (Å²) in [5.41, 5.74) is 0. The fraction of sp³-hybridized carbons (Fsp3) is 0.919. The summed E-state index contributed by atoms with van der Waals surface area (Å²) in [7, 11) is 0. The summed E-state index contributed by atoms with van der Waals surface area (Å²) in [5.74, 6) is -0.611. The Hall–Kier alpha value is -1.37. The lowest BCUT2D eigenvalue weighted by molar-refractivity contribution is -0.302. The van der Waals surface area contributed by atoms with Gasteiger partial charge < -0.3 is 45.4 Å². The first-order chi connectivity index (χ1) is 35.3. The minimum atomic E-state index is -1.61. The smallest absolute Gasteiger partial charge is 0.249 e. The molecule has 0 aromatic rings.